The molecule has 2 aromatic carbocycles. The Bertz CT molecular complexity index is 518. The van der Waals surface area contributed by atoms with Crippen molar-refractivity contribution in [2.45, 2.75) is 46.8 Å². The van der Waals surface area contributed by atoms with Crippen LogP contribution in [0.3, 0.4) is 0 Å². The molecule has 1 aliphatic heterocycles. The summed E-state index contributed by atoms with van der Waals surface area (Å²) in [5.41, 5.74) is 2.32. The van der Waals surface area contributed by atoms with Crippen LogP contribution in [0.15, 0.2) is 54.6 Å². The highest BCUT2D eigenvalue weighted by molar-refractivity contribution is 5.33. The monoisotopic (exact) mass is 300 g/mol. The molecular weight excluding hydrogens is 272 g/mol. The number of rotatable bonds is 4. The van der Waals surface area contributed by atoms with E-state index in [-0.39, 0.29) is 12.2 Å². The highest BCUT2D eigenvalue weighted by Crippen LogP contribution is 2.33. The van der Waals surface area contributed by atoms with Gasteiger partial charge in [0.25, 0.3) is 0 Å². The Morgan fingerprint density at radius 1 is 0.909 bits per heavy atom. The number of para-hydroxylation sites is 1. The van der Waals surface area contributed by atoms with E-state index in [1.807, 2.05) is 64.1 Å². The molecule has 1 heterocycles. The highest BCUT2D eigenvalue weighted by Gasteiger charge is 2.35. The van der Waals surface area contributed by atoms with Crippen molar-refractivity contribution < 1.29 is 9.47 Å². The molecule has 2 heteroatoms. The Morgan fingerprint density at radius 2 is 1.45 bits per heavy atom. The molecule has 0 N–H and O–H groups in total. The van der Waals surface area contributed by atoms with Crippen LogP contribution < -0.4 is 4.74 Å². The molecule has 0 radical (unpaired) electrons. The predicted molar refractivity (Wildman–Crippen MR) is 93.4 cm³/mol. The Kier molecular flexibility index (Phi) is 8.31. The standard InChI is InChI=1S/C16H16O2.2C2H6/c1-12-7-5-6-10-14(12)18-16(15-11-17-15)13-8-3-2-4-9-13;2*1-2/h2-10,15-16H,11H2,1H3;2*1-2H3. The number of hydrogen-bond acceptors (Lipinski definition) is 2. The van der Waals surface area contributed by atoms with Gasteiger partial charge in [-0.1, -0.05) is 76.2 Å². The van der Waals surface area contributed by atoms with Crippen molar-refractivity contribution in [1.29, 1.82) is 0 Å². The molecule has 1 aliphatic rings. The van der Waals surface area contributed by atoms with Gasteiger partial charge in [0.05, 0.1) is 6.61 Å². The lowest BCUT2D eigenvalue weighted by Crippen LogP contribution is -2.14. The molecular formula is C20H28O2. The molecule has 120 valence electrons. The second kappa shape index (κ2) is 10.0. The first-order valence-corrected chi connectivity index (χ1v) is 8.23. The van der Waals surface area contributed by atoms with Crippen molar-refractivity contribution in [1.82, 2.24) is 0 Å². The van der Waals surface area contributed by atoms with E-state index in [0.29, 0.717) is 0 Å². The van der Waals surface area contributed by atoms with Crippen LogP contribution in [0.2, 0.25) is 0 Å². The SMILES string of the molecule is CC.CC.Cc1ccccc1OC(c1ccccc1)C1CO1. The molecule has 1 fully saturated rings. The second-order valence-corrected chi connectivity index (χ2v) is 4.59. The molecule has 0 bridgehead atoms. The normalized spacial score (nSPS) is 16.3. The quantitative estimate of drug-likeness (QED) is 0.689. The first kappa shape index (κ1) is 18.2. The van der Waals surface area contributed by atoms with E-state index in [0.717, 1.165) is 17.9 Å². The third-order valence-corrected chi connectivity index (χ3v) is 3.17. The fraction of sp³-hybridized carbons (Fsp3) is 0.400. The summed E-state index contributed by atoms with van der Waals surface area (Å²) in [5.74, 6) is 0.932. The third-order valence-electron chi connectivity index (χ3n) is 3.17. The number of benzene rings is 2. The molecule has 0 aliphatic carbocycles. The minimum Gasteiger partial charge on any atom is -0.483 e. The molecule has 2 unspecified atom stereocenters. The number of hydrogen-bond donors (Lipinski definition) is 0. The molecule has 2 nitrogen and oxygen atoms in total. The van der Waals surface area contributed by atoms with E-state index >= 15 is 0 Å². The van der Waals surface area contributed by atoms with Gasteiger partial charge in [0.1, 0.15) is 11.9 Å². The summed E-state index contributed by atoms with van der Waals surface area (Å²) < 4.78 is 11.5. The molecule has 0 aromatic heterocycles. The predicted octanol–water partition coefficient (Wildman–Crippen LogP) is 5.57. The van der Waals surface area contributed by atoms with Crippen molar-refractivity contribution >= 4 is 0 Å². The highest BCUT2D eigenvalue weighted by atomic mass is 16.6. The van der Waals surface area contributed by atoms with Gasteiger partial charge in [-0.25, -0.2) is 0 Å². The maximum Gasteiger partial charge on any atom is 0.152 e. The average Bonchev–Trinajstić information content (AvgIpc) is 3.43. The van der Waals surface area contributed by atoms with Crippen LogP contribution in [0, 0.1) is 6.92 Å². The summed E-state index contributed by atoms with van der Waals surface area (Å²) in [5, 5.41) is 0. The Balaban J connectivity index is 0.000000561. The molecule has 1 saturated heterocycles. The lowest BCUT2D eigenvalue weighted by atomic mass is 10.1. The third kappa shape index (κ3) is 5.19. The molecule has 0 amide bonds. The minimum atomic E-state index is -0.00713. The number of aryl methyl sites for hydroxylation is 1. The van der Waals surface area contributed by atoms with Gasteiger partial charge in [0.2, 0.25) is 0 Å². The van der Waals surface area contributed by atoms with Crippen molar-refractivity contribution in [3.8, 4) is 5.75 Å². The van der Waals surface area contributed by atoms with Gasteiger partial charge in [-0.15, -0.1) is 0 Å². The van der Waals surface area contributed by atoms with E-state index in [2.05, 4.69) is 25.1 Å². The maximum absolute atomic E-state index is 6.13. The summed E-state index contributed by atoms with van der Waals surface area (Å²) >= 11 is 0. The van der Waals surface area contributed by atoms with Crippen LogP contribution in [0.4, 0.5) is 0 Å². The first-order valence-electron chi connectivity index (χ1n) is 8.23. The molecule has 2 atom stereocenters. The van der Waals surface area contributed by atoms with E-state index in [4.69, 9.17) is 9.47 Å². The molecule has 0 saturated carbocycles. The summed E-state index contributed by atoms with van der Waals surface area (Å²) in [6.07, 6.45) is 0.180. The van der Waals surface area contributed by atoms with Gasteiger partial charge in [-0.3, -0.25) is 0 Å². The largest absolute Gasteiger partial charge is 0.483 e. The van der Waals surface area contributed by atoms with Gasteiger partial charge < -0.3 is 9.47 Å². The molecule has 3 rings (SSSR count). The summed E-state index contributed by atoms with van der Waals surface area (Å²) in [4.78, 5) is 0. The van der Waals surface area contributed by atoms with E-state index in [1.54, 1.807) is 0 Å². The Morgan fingerprint density at radius 3 is 2.00 bits per heavy atom. The Labute approximate surface area is 135 Å². The van der Waals surface area contributed by atoms with Gasteiger partial charge in [-0.2, -0.15) is 0 Å². The summed E-state index contributed by atoms with van der Waals surface area (Å²) in [7, 11) is 0. The van der Waals surface area contributed by atoms with Crippen molar-refractivity contribution in [3.05, 3.63) is 65.7 Å². The summed E-state index contributed by atoms with van der Waals surface area (Å²) in [6, 6.07) is 18.3. The molecule has 2 aromatic rings. The lowest BCUT2D eigenvalue weighted by Gasteiger charge is -2.19. The fourth-order valence-electron chi connectivity index (χ4n) is 2.06. The van der Waals surface area contributed by atoms with Gasteiger partial charge in [0, 0.05) is 0 Å². The van der Waals surface area contributed by atoms with Crippen LogP contribution >= 0.6 is 0 Å². The number of ether oxygens (including phenoxy) is 2. The first-order chi connectivity index (χ1) is 10.8. The minimum absolute atomic E-state index is 0.00713. The summed E-state index contributed by atoms with van der Waals surface area (Å²) in [6.45, 7) is 10.8. The van der Waals surface area contributed by atoms with Gasteiger partial charge >= 0.3 is 0 Å². The smallest absolute Gasteiger partial charge is 0.152 e. The fourth-order valence-corrected chi connectivity index (χ4v) is 2.06. The van der Waals surface area contributed by atoms with E-state index in [9.17, 15) is 0 Å². The topological polar surface area (TPSA) is 21.8 Å². The van der Waals surface area contributed by atoms with Crippen LogP contribution in [-0.4, -0.2) is 12.7 Å². The zero-order chi connectivity index (χ0) is 16.4. The van der Waals surface area contributed by atoms with E-state index < -0.39 is 0 Å². The van der Waals surface area contributed by atoms with Crippen molar-refractivity contribution in [2.75, 3.05) is 6.61 Å². The van der Waals surface area contributed by atoms with Crippen LogP contribution in [-0.2, 0) is 4.74 Å². The zero-order valence-electron chi connectivity index (χ0n) is 14.4. The van der Waals surface area contributed by atoms with Crippen molar-refractivity contribution in [2.24, 2.45) is 0 Å². The van der Waals surface area contributed by atoms with Crippen molar-refractivity contribution in [3.63, 3.8) is 0 Å². The zero-order valence-corrected chi connectivity index (χ0v) is 14.4. The average molecular weight is 300 g/mol. The number of epoxide rings is 1. The van der Waals surface area contributed by atoms with Crippen LogP contribution in [0.1, 0.15) is 44.9 Å². The van der Waals surface area contributed by atoms with Crippen LogP contribution in [0.25, 0.3) is 0 Å². The Hall–Kier alpha value is -1.80. The lowest BCUT2D eigenvalue weighted by molar-refractivity contribution is 0.160. The van der Waals surface area contributed by atoms with Gasteiger partial charge in [-0.05, 0) is 24.1 Å². The maximum atomic E-state index is 6.13. The molecule has 0 spiro atoms. The van der Waals surface area contributed by atoms with E-state index in [1.165, 1.54) is 5.56 Å². The van der Waals surface area contributed by atoms with Gasteiger partial charge in [0.15, 0.2) is 6.10 Å². The second-order valence-electron chi connectivity index (χ2n) is 4.59. The molecule has 22 heavy (non-hydrogen) atoms. The van der Waals surface area contributed by atoms with Crippen LogP contribution in [0.5, 0.6) is 5.75 Å².